The van der Waals surface area contributed by atoms with E-state index in [-0.39, 0.29) is 33.6 Å². The fourth-order valence-corrected chi connectivity index (χ4v) is 3.83. The third-order valence-electron chi connectivity index (χ3n) is 4.17. The van der Waals surface area contributed by atoms with E-state index in [1.54, 1.807) is 36.4 Å². The molecule has 2 aromatic rings. The Hall–Kier alpha value is -2.84. The van der Waals surface area contributed by atoms with Gasteiger partial charge in [-0.05, 0) is 37.8 Å². The van der Waals surface area contributed by atoms with Crippen LogP contribution in [0, 0.1) is 0 Å². The molecule has 2 rings (SSSR count). The molecule has 0 bridgehead atoms. The van der Waals surface area contributed by atoms with Crippen LogP contribution < -0.4 is 0 Å². The van der Waals surface area contributed by atoms with Gasteiger partial charge in [0.2, 0.25) is 0 Å². The molecule has 0 radical (unpaired) electrons. The number of carbonyl (C=O) groups is 2. The van der Waals surface area contributed by atoms with Crippen LogP contribution in [-0.4, -0.2) is 40.3 Å². The lowest BCUT2D eigenvalue weighted by Gasteiger charge is -2.09. The minimum atomic E-state index is -1.09. The number of hydrogen-bond acceptors (Lipinski definition) is 4. The normalized spacial score (nSPS) is 10.1. The minimum absolute atomic E-state index is 0.0820. The van der Waals surface area contributed by atoms with Gasteiger partial charge in [-0.3, -0.25) is 0 Å². The Labute approximate surface area is 169 Å². The van der Waals surface area contributed by atoms with Crippen LogP contribution in [0.1, 0.15) is 57.5 Å². The van der Waals surface area contributed by atoms with Gasteiger partial charge in [0.25, 0.3) is 0 Å². The maximum atomic E-state index is 11.5. The highest BCUT2D eigenvalue weighted by molar-refractivity contribution is 7.67. The van der Waals surface area contributed by atoms with Crippen LogP contribution in [0.2, 0.25) is 0 Å². The third-order valence-corrected chi connectivity index (χ3v) is 5.43. The lowest BCUT2D eigenvalue weighted by molar-refractivity contribution is 0.0686. The second kappa shape index (κ2) is 10.5. The monoisotopic (exact) mass is 418 g/mol. The molecule has 146 valence electrons. The first-order valence-electron chi connectivity index (χ1n) is 8.46. The number of aromatic carboxylic acids is 2. The highest BCUT2D eigenvalue weighted by Crippen LogP contribution is 2.16. The summed E-state index contributed by atoms with van der Waals surface area (Å²) in [5, 5.41) is 18.5. The van der Waals surface area contributed by atoms with Crippen LogP contribution >= 0.6 is 0 Å². The Kier molecular flexibility index (Phi) is 8.03. The smallest absolute Gasteiger partial charge is 0.336 e. The first kappa shape index (κ1) is 21.5. The molecule has 0 heterocycles. The second-order valence-electron chi connectivity index (χ2n) is 5.92. The summed E-state index contributed by atoms with van der Waals surface area (Å²) in [5.41, 5.74) is 0.986. The van der Waals surface area contributed by atoms with Gasteiger partial charge in [0.05, 0.1) is 43.4 Å². The summed E-state index contributed by atoms with van der Waals surface area (Å²) in [6.07, 6.45) is 1.90. The summed E-state index contributed by atoms with van der Waals surface area (Å²) in [5.74, 6) is -2.18. The van der Waals surface area contributed by atoms with Gasteiger partial charge in [0.15, 0.2) is 0 Å². The zero-order valence-electron chi connectivity index (χ0n) is 14.8. The van der Waals surface area contributed by atoms with Gasteiger partial charge in [-0.15, -0.1) is 0 Å². The number of carboxylic acids is 2. The molecule has 0 amide bonds. The van der Waals surface area contributed by atoms with Gasteiger partial charge >= 0.3 is 11.9 Å². The SMILES string of the molecule is O=S=C(CCCCC(=S=O)c1ccccc1C(=O)O)c1ccccc1C(=O)O. The highest BCUT2D eigenvalue weighted by atomic mass is 32.1. The van der Waals surface area contributed by atoms with Gasteiger partial charge in [-0.25, -0.2) is 18.0 Å². The van der Waals surface area contributed by atoms with E-state index in [1.165, 1.54) is 12.1 Å². The summed E-state index contributed by atoms with van der Waals surface area (Å²) in [6, 6.07) is 12.7. The fourth-order valence-electron chi connectivity index (χ4n) is 2.84. The van der Waals surface area contributed by atoms with Gasteiger partial charge in [0.1, 0.15) is 0 Å². The van der Waals surface area contributed by atoms with Crippen molar-refractivity contribution in [3.8, 4) is 0 Å². The Bertz CT molecular complexity index is 920. The Morgan fingerprint density at radius 3 is 1.25 bits per heavy atom. The molecule has 0 unspecified atom stereocenters. The maximum absolute atomic E-state index is 11.5. The largest absolute Gasteiger partial charge is 0.478 e. The molecular weight excluding hydrogens is 400 g/mol. The molecule has 2 aromatic carbocycles. The summed E-state index contributed by atoms with van der Waals surface area (Å²) in [4.78, 5) is 23.5. The standard InChI is InChI=1S/C20H18O6S2/c21-19(22)15-9-3-1-7-13(15)17(27-25)11-5-6-12-18(28-26)14-8-2-4-10-16(14)20(23)24/h1-4,7-10H,5-6,11-12H2,(H,21,22)(H,23,24). The maximum Gasteiger partial charge on any atom is 0.336 e. The summed E-state index contributed by atoms with van der Waals surface area (Å²) in [7, 11) is 0. The first-order valence-corrected chi connectivity index (χ1v) is 9.94. The molecule has 28 heavy (non-hydrogen) atoms. The topological polar surface area (TPSA) is 109 Å². The fraction of sp³-hybridized carbons (Fsp3) is 0.200. The van der Waals surface area contributed by atoms with Crippen LogP contribution in [0.5, 0.6) is 0 Å². The number of benzene rings is 2. The zero-order chi connectivity index (χ0) is 20.5. The molecule has 8 heteroatoms. The van der Waals surface area contributed by atoms with Crippen molar-refractivity contribution in [2.24, 2.45) is 0 Å². The molecule has 0 aliphatic rings. The van der Waals surface area contributed by atoms with E-state index in [0.29, 0.717) is 46.5 Å². The molecule has 0 aliphatic carbocycles. The highest BCUT2D eigenvalue weighted by Gasteiger charge is 2.16. The van der Waals surface area contributed by atoms with Gasteiger partial charge in [-0.2, -0.15) is 0 Å². The van der Waals surface area contributed by atoms with Crippen LogP contribution in [0.3, 0.4) is 0 Å². The molecule has 0 saturated carbocycles. The molecule has 0 aromatic heterocycles. The molecule has 6 nitrogen and oxygen atoms in total. The van der Waals surface area contributed by atoms with Crippen molar-refractivity contribution < 1.29 is 28.2 Å². The number of unbranched alkanes of at least 4 members (excludes halogenated alkanes) is 1. The van der Waals surface area contributed by atoms with E-state index in [4.69, 9.17) is 0 Å². The molecule has 0 fully saturated rings. The molecule has 0 atom stereocenters. The summed E-state index contributed by atoms with van der Waals surface area (Å²) < 4.78 is 23.0. The van der Waals surface area contributed by atoms with E-state index >= 15 is 0 Å². The molecule has 2 N–H and O–H groups in total. The average Bonchev–Trinajstić information content (AvgIpc) is 2.71. The van der Waals surface area contributed by atoms with E-state index in [1.807, 2.05) is 0 Å². The Morgan fingerprint density at radius 1 is 0.643 bits per heavy atom. The predicted octanol–water partition coefficient (Wildman–Crippen LogP) is 2.81. The number of hydrogen-bond donors (Lipinski definition) is 2. The van der Waals surface area contributed by atoms with Crippen molar-refractivity contribution in [1.29, 1.82) is 0 Å². The van der Waals surface area contributed by atoms with Crippen LogP contribution in [0.4, 0.5) is 0 Å². The van der Waals surface area contributed by atoms with E-state index in [9.17, 15) is 28.2 Å². The molecule has 0 spiro atoms. The van der Waals surface area contributed by atoms with Crippen molar-refractivity contribution >= 4 is 44.2 Å². The van der Waals surface area contributed by atoms with E-state index in [0.717, 1.165) is 0 Å². The van der Waals surface area contributed by atoms with Gasteiger partial charge in [-0.1, -0.05) is 36.4 Å². The first-order chi connectivity index (χ1) is 13.5. The zero-order valence-corrected chi connectivity index (χ0v) is 16.4. The average molecular weight is 418 g/mol. The second-order valence-corrected chi connectivity index (χ2v) is 7.24. The van der Waals surface area contributed by atoms with Crippen molar-refractivity contribution in [3.63, 3.8) is 0 Å². The van der Waals surface area contributed by atoms with Crippen LogP contribution in [-0.2, 0) is 22.5 Å². The number of rotatable bonds is 9. The van der Waals surface area contributed by atoms with Crippen LogP contribution in [0.25, 0.3) is 0 Å². The van der Waals surface area contributed by atoms with E-state index in [2.05, 4.69) is 0 Å². The lowest BCUT2D eigenvalue weighted by atomic mass is 9.98. The van der Waals surface area contributed by atoms with Crippen molar-refractivity contribution in [3.05, 3.63) is 70.8 Å². The van der Waals surface area contributed by atoms with Crippen molar-refractivity contribution in [2.75, 3.05) is 0 Å². The number of carboxylic acid groups (broad SMARTS) is 2. The molecule has 0 aliphatic heterocycles. The summed E-state index contributed by atoms with van der Waals surface area (Å²) >= 11 is 0.548. The lowest BCUT2D eigenvalue weighted by Crippen LogP contribution is -2.11. The minimum Gasteiger partial charge on any atom is -0.478 e. The third kappa shape index (κ3) is 5.34. The Morgan fingerprint density at radius 2 is 0.964 bits per heavy atom. The summed E-state index contributed by atoms with van der Waals surface area (Å²) in [6.45, 7) is 0. The molecular formula is C20H18O6S2. The predicted molar refractivity (Wildman–Crippen MR) is 110 cm³/mol. The van der Waals surface area contributed by atoms with Crippen molar-refractivity contribution in [1.82, 2.24) is 0 Å². The van der Waals surface area contributed by atoms with Gasteiger partial charge in [0, 0.05) is 11.1 Å². The van der Waals surface area contributed by atoms with Gasteiger partial charge < -0.3 is 10.2 Å². The quantitative estimate of drug-likeness (QED) is 0.368. The van der Waals surface area contributed by atoms with E-state index < -0.39 is 11.9 Å². The van der Waals surface area contributed by atoms with Crippen LogP contribution in [0.15, 0.2) is 48.5 Å². The van der Waals surface area contributed by atoms with Crippen molar-refractivity contribution in [2.45, 2.75) is 25.7 Å². The molecule has 0 saturated heterocycles. The Balaban J connectivity index is 2.06.